The zero-order valence-corrected chi connectivity index (χ0v) is 16.5. The topological polar surface area (TPSA) is 59.2 Å². The van der Waals surface area contributed by atoms with E-state index < -0.39 is 0 Å². The first kappa shape index (κ1) is 21.8. The smallest absolute Gasteiger partial charge is 0.273 e. The number of benzene rings is 1. The Bertz CT molecular complexity index is 738. The van der Waals surface area contributed by atoms with Crippen LogP contribution in [0.2, 0.25) is 0 Å². The molecule has 1 aliphatic heterocycles. The summed E-state index contributed by atoms with van der Waals surface area (Å²) in [6.45, 7) is 5.39. The van der Waals surface area contributed by atoms with Crippen molar-refractivity contribution < 1.29 is 9.18 Å². The lowest BCUT2D eigenvalue weighted by Crippen LogP contribution is -2.54. The third-order valence-electron chi connectivity index (χ3n) is 4.43. The third-order valence-corrected chi connectivity index (χ3v) is 5.30. The summed E-state index contributed by atoms with van der Waals surface area (Å²) in [7, 11) is 0. The minimum absolute atomic E-state index is 0. The quantitative estimate of drug-likeness (QED) is 0.821. The molecule has 1 aromatic carbocycles. The van der Waals surface area contributed by atoms with Crippen LogP contribution in [0.1, 0.15) is 30.8 Å². The normalized spacial score (nSPS) is 18.9. The average molecular weight is 406 g/mol. The third kappa shape index (κ3) is 4.50. The Hall–Kier alpha value is -1.21. The predicted molar refractivity (Wildman–Crippen MR) is 104 cm³/mol. The number of piperidine rings is 1. The van der Waals surface area contributed by atoms with Crippen molar-refractivity contribution >= 4 is 42.1 Å². The summed E-state index contributed by atoms with van der Waals surface area (Å²) in [4.78, 5) is 18.8. The summed E-state index contributed by atoms with van der Waals surface area (Å²) in [5.41, 5.74) is 6.81. The van der Waals surface area contributed by atoms with E-state index in [1.807, 2.05) is 0 Å². The molecule has 1 saturated heterocycles. The highest BCUT2D eigenvalue weighted by Crippen LogP contribution is 2.30. The molecule has 0 radical (unpaired) electrons. The van der Waals surface area contributed by atoms with Crippen LogP contribution in [0, 0.1) is 11.2 Å². The number of rotatable bonds is 2. The second-order valence-corrected chi connectivity index (χ2v) is 7.49. The van der Waals surface area contributed by atoms with E-state index in [1.54, 1.807) is 28.5 Å². The molecule has 1 unspecified atom stereocenters. The maximum Gasteiger partial charge on any atom is 0.273 e. The number of aromatic nitrogens is 1. The second kappa shape index (κ2) is 8.45. The number of carbonyl (C=O) groups excluding carboxylic acids is 1. The number of hydrogen-bond acceptors (Lipinski definition) is 4. The zero-order chi connectivity index (χ0) is 16.6. The molecule has 0 saturated carbocycles. The number of likely N-dealkylation sites (tertiary alicyclic amines) is 1. The van der Waals surface area contributed by atoms with E-state index in [9.17, 15) is 9.18 Å². The fourth-order valence-electron chi connectivity index (χ4n) is 2.84. The van der Waals surface area contributed by atoms with Gasteiger partial charge in [-0.05, 0) is 24.0 Å². The lowest BCUT2D eigenvalue weighted by Gasteiger charge is -2.42. The molecule has 0 bridgehead atoms. The van der Waals surface area contributed by atoms with Gasteiger partial charge in [0.05, 0.1) is 0 Å². The molecule has 0 spiro atoms. The Morgan fingerprint density at radius 3 is 2.68 bits per heavy atom. The van der Waals surface area contributed by atoms with Crippen molar-refractivity contribution in [3.8, 4) is 10.6 Å². The van der Waals surface area contributed by atoms with Gasteiger partial charge in [-0.1, -0.05) is 26.0 Å². The molecule has 2 heterocycles. The highest BCUT2D eigenvalue weighted by atomic mass is 35.5. The van der Waals surface area contributed by atoms with E-state index in [4.69, 9.17) is 5.73 Å². The van der Waals surface area contributed by atoms with Crippen LogP contribution < -0.4 is 5.73 Å². The summed E-state index contributed by atoms with van der Waals surface area (Å²) < 4.78 is 13.8. The first-order valence-electron chi connectivity index (χ1n) is 7.64. The Kier molecular flexibility index (Phi) is 7.38. The molecule has 1 atom stereocenters. The fourth-order valence-corrected chi connectivity index (χ4v) is 3.66. The molecule has 2 N–H and O–H groups in total. The first-order valence-corrected chi connectivity index (χ1v) is 8.52. The van der Waals surface area contributed by atoms with Gasteiger partial charge in [-0.2, -0.15) is 0 Å². The molecule has 138 valence electrons. The molecule has 8 heteroatoms. The number of thiazole rings is 1. The van der Waals surface area contributed by atoms with Gasteiger partial charge < -0.3 is 10.6 Å². The summed E-state index contributed by atoms with van der Waals surface area (Å²) in [6, 6.07) is 6.56. The molecule has 25 heavy (non-hydrogen) atoms. The highest BCUT2D eigenvalue weighted by molar-refractivity contribution is 7.13. The van der Waals surface area contributed by atoms with Crippen LogP contribution in [-0.2, 0) is 0 Å². The van der Waals surface area contributed by atoms with Gasteiger partial charge in [0, 0.05) is 30.1 Å². The predicted octanol–water partition coefficient (Wildman–Crippen LogP) is 3.99. The first-order chi connectivity index (χ1) is 10.9. The van der Waals surface area contributed by atoms with E-state index in [-0.39, 0.29) is 48.0 Å². The largest absolute Gasteiger partial charge is 0.337 e. The SMILES string of the molecule is CC1(C)CN(C(=O)c2csc(-c3ccccc3F)n2)CCC1N.Cl.Cl. The molecule has 1 aliphatic rings. The molecular formula is C17H22Cl2FN3OS. The van der Waals surface area contributed by atoms with Gasteiger partial charge in [-0.3, -0.25) is 4.79 Å². The lowest BCUT2D eigenvalue weighted by atomic mass is 9.79. The van der Waals surface area contributed by atoms with E-state index in [0.717, 1.165) is 6.42 Å². The van der Waals surface area contributed by atoms with Gasteiger partial charge in [0.2, 0.25) is 0 Å². The minimum Gasteiger partial charge on any atom is -0.337 e. The number of halogens is 3. The minimum atomic E-state index is -0.328. The van der Waals surface area contributed by atoms with Crippen LogP contribution in [0.25, 0.3) is 10.6 Å². The van der Waals surface area contributed by atoms with Crippen LogP contribution in [0.3, 0.4) is 0 Å². The van der Waals surface area contributed by atoms with Crippen molar-refractivity contribution in [2.45, 2.75) is 26.3 Å². The van der Waals surface area contributed by atoms with Crippen LogP contribution >= 0.6 is 36.2 Å². The van der Waals surface area contributed by atoms with Crippen molar-refractivity contribution in [2.75, 3.05) is 13.1 Å². The molecule has 1 fully saturated rings. The molecular weight excluding hydrogens is 384 g/mol. The molecule has 0 aliphatic carbocycles. The van der Waals surface area contributed by atoms with Gasteiger partial charge >= 0.3 is 0 Å². The molecule has 1 amide bonds. The van der Waals surface area contributed by atoms with Crippen LogP contribution in [0.4, 0.5) is 4.39 Å². The molecule has 1 aromatic heterocycles. The van der Waals surface area contributed by atoms with Gasteiger partial charge in [-0.15, -0.1) is 36.2 Å². The van der Waals surface area contributed by atoms with Crippen molar-refractivity contribution in [1.82, 2.24) is 9.88 Å². The molecule has 2 aromatic rings. The fraction of sp³-hybridized carbons (Fsp3) is 0.412. The van der Waals surface area contributed by atoms with Gasteiger partial charge in [-0.25, -0.2) is 9.37 Å². The van der Waals surface area contributed by atoms with Crippen LogP contribution in [0.15, 0.2) is 29.6 Å². The Labute approximate surface area is 163 Å². The lowest BCUT2D eigenvalue weighted by molar-refractivity contribution is 0.0528. The van der Waals surface area contributed by atoms with E-state index >= 15 is 0 Å². The number of hydrogen-bond donors (Lipinski definition) is 1. The monoisotopic (exact) mass is 405 g/mol. The zero-order valence-electron chi connectivity index (χ0n) is 14.1. The molecule has 4 nitrogen and oxygen atoms in total. The maximum absolute atomic E-state index is 13.8. The summed E-state index contributed by atoms with van der Waals surface area (Å²) in [5.74, 6) is -0.435. The number of nitrogens with two attached hydrogens (primary N) is 1. The summed E-state index contributed by atoms with van der Waals surface area (Å²) in [6.07, 6.45) is 0.781. The van der Waals surface area contributed by atoms with Crippen molar-refractivity contribution in [2.24, 2.45) is 11.1 Å². The average Bonchev–Trinajstić information content (AvgIpc) is 2.99. The van der Waals surface area contributed by atoms with Crippen molar-refractivity contribution in [1.29, 1.82) is 0 Å². The van der Waals surface area contributed by atoms with Crippen molar-refractivity contribution in [3.63, 3.8) is 0 Å². The standard InChI is InChI=1S/C17H20FN3OS.2ClH/c1-17(2)10-21(8-7-14(17)19)16(22)13-9-23-15(20-13)11-5-3-4-6-12(11)18;;/h3-6,9,14H,7-8,10,19H2,1-2H3;2*1H. The Morgan fingerprint density at radius 1 is 1.36 bits per heavy atom. The summed E-state index contributed by atoms with van der Waals surface area (Å²) in [5, 5.41) is 2.23. The summed E-state index contributed by atoms with van der Waals surface area (Å²) >= 11 is 1.29. The second-order valence-electron chi connectivity index (χ2n) is 6.63. The van der Waals surface area contributed by atoms with E-state index in [0.29, 0.717) is 29.4 Å². The van der Waals surface area contributed by atoms with Crippen LogP contribution in [-0.4, -0.2) is 34.9 Å². The van der Waals surface area contributed by atoms with Gasteiger partial charge in [0.25, 0.3) is 5.91 Å². The van der Waals surface area contributed by atoms with Crippen LogP contribution in [0.5, 0.6) is 0 Å². The number of amides is 1. The number of carbonyl (C=O) groups is 1. The maximum atomic E-state index is 13.8. The molecule has 3 rings (SSSR count). The van der Waals surface area contributed by atoms with E-state index in [2.05, 4.69) is 18.8 Å². The Morgan fingerprint density at radius 2 is 2.04 bits per heavy atom. The van der Waals surface area contributed by atoms with Crippen molar-refractivity contribution in [3.05, 3.63) is 41.2 Å². The Balaban J connectivity index is 0.00000156. The van der Waals surface area contributed by atoms with Gasteiger partial charge in [0.1, 0.15) is 16.5 Å². The van der Waals surface area contributed by atoms with Gasteiger partial charge in [0.15, 0.2) is 0 Å². The van der Waals surface area contributed by atoms with E-state index in [1.165, 1.54) is 17.4 Å². The highest BCUT2D eigenvalue weighted by Gasteiger charge is 2.36. The number of nitrogens with zero attached hydrogens (tertiary/aromatic N) is 2.